The normalized spacial score (nSPS) is 26.2. The van der Waals surface area contributed by atoms with Gasteiger partial charge in [-0.3, -0.25) is 4.99 Å². The summed E-state index contributed by atoms with van der Waals surface area (Å²) in [6, 6.07) is 0.440. The topological polar surface area (TPSA) is 12.4 Å². The lowest BCUT2D eigenvalue weighted by Crippen LogP contribution is -2.25. The number of nitrogens with zero attached hydrogens (tertiary/aromatic N) is 1. The van der Waals surface area contributed by atoms with Crippen LogP contribution in [-0.4, -0.2) is 11.8 Å². The number of hydrogen-bond acceptors (Lipinski definition) is 1. The Labute approximate surface area is 140 Å². The summed E-state index contributed by atoms with van der Waals surface area (Å²) < 4.78 is 0. The summed E-state index contributed by atoms with van der Waals surface area (Å²) in [5.74, 6) is 3.44. The molecule has 1 fully saturated rings. The maximum absolute atomic E-state index is 4.90. The third-order valence-corrected chi connectivity index (χ3v) is 5.55. The average Bonchev–Trinajstić information content (AvgIpc) is 2.42. The van der Waals surface area contributed by atoms with Gasteiger partial charge in [0.1, 0.15) is 0 Å². The summed E-state index contributed by atoms with van der Waals surface area (Å²) in [5, 5.41) is 0. The van der Waals surface area contributed by atoms with Gasteiger partial charge in [-0.1, -0.05) is 59.3 Å². The van der Waals surface area contributed by atoms with Gasteiger partial charge in [-0.05, 0) is 63.7 Å². The van der Waals surface area contributed by atoms with Crippen molar-refractivity contribution in [1.82, 2.24) is 0 Å². The number of unbranched alkanes of at least 4 members (excludes halogenated alkanes) is 2. The molecule has 1 rings (SSSR count). The molecule has 4 atom stereocenters. The van der Waals surface area contributed by atoms with Crippen molar-refractivity contribution < 1.29 is 0 Å². The number of rotatable bonds is 9. The molecule has 0 radical (unpaired) electrons. The van der Waals surface area contributed by atoms with E-state index in [9.17, 15) is 0 Å². The van der Waals surface area contributed by atoms with Gasteiger partial charge in [0.05, 0.1) is 0 Å². The SMILES string of the molecule is CCCCCC(/C(C)=N\C(C)C)C(C)CC1CCCC(C)C1. The van der Waals surface area contributed by atoms with Crippen molar-refractivity contribution >= 4 is 5.71 Å². The van der Waals surface area contributed by atoms with E-state index in [2.05, 4.69) is 41.5 Å². The molecule has 1 aliphatic carbocycles. The van der Waals surface area contributed by atoms with Crippen molar-refractivity contribution in [3.63, 3.8) is 0 Å². The van der Waals surface area contributed by atoms with Crippen LogP contribution in [0.1, 0.15) is 99.3 Å². The highest BCUT2D eigenvalue weighted by Crippen LogP contribution is 2.36. The van der Waals surface area contributed by atoms with Crippen molar-refractivity contribution in [2.75, 3.05) is 0 Å². The van der Waals surface area contributed by atoms with E-state index in [-0.39, 0.29) is 0 Å². The lowest BCUT2D eigenvalue weighted by Gasteiger charge is -2.32. The summed E-state index contributed by atoms with van der Waals surface area (Å²) in [7, 11) is 0. The summed E-state index contributed by atoms with van der Waals surface area (Å²) in [6.45, 7) is 13.9. The van der Waals surface area contributed by atoms with Crippen LogP contribution < -0.4 is 0 Å². The fraction of sp³-hybridized carbons (Fsp3) is 0.952. The lowest BCUT2D eigenvalue weighted by atomic mass is 9.74. The molecular formula is C21H41N. The molecule has 0 aromatic carbocycles. The van der Waals surface area contributed by atoms with Gasteiger partial charge in [-0.25, -0.2) is 0 Å². The van der Waals surface area contributed by atoms with Gasteiger partial charge in [0.2, 0.25) is 0 Å². The molecule has 1 saturated carbocycles. The van der Waals surface area contributed by atoms with Gasteiger partial charge in [0.25, 0.3) is 0 Å². The zero-order valence-corrected chi connectivity index (χ0v) is 16.2. The fourth-order valence-corrected chi connectivity index (χ4v) is 4.49. The Kier molecular flexibility index (Phi) is 9.36. The first-order valence-electron chi connectivity index (χ1n) is 9.98. The number of aliphatic imine (C=N–C) groups is 1. The third kappa shape index (κ3) is 7.29. The summed E-state index contributed by atoms with van der Waals surface area (Å²) in [5.41, 5.74) is 1.42. The zero-order chi connectivity index (χ0) is 16.5. The van der Waals surface area contributed by atoms with Crippen molar-refractivity contribution in [3.05, 3.63) is 0 Å². The van der Waals surface area contributed by atoms with Crippen LogP contribution in [0.15, 0.2) is 4.99 Å². The Balaban J connectivity index is 2.62. The summed E-state index contributed by atoms with van der Waals surface area (Å²) in [6.07, 6.45) is 12.7. The second kappa shape index (κ2) is 10.4. The van der Waals surface area contributed by atoms with Crippen LogP contribution >= 0.6 is 0 Å². The van der Waals surface area contributed by atoms with Crippen LogP contribution in [0, 0.1) is 23.7 Å². The highest BCUT2D eigenvalue weighted by atomic mass is 14.8. The molecular weight excluding hydrogens is 266 g/mol. The molecule has 0 amide bonds. The number of hydrogen-bond donors (Lipinski definition) is 0. The molecule has 130 valence electrons. The summed E-state index contributed by atoms with van der Waals surface area (Å²) in [4.78, 5) is 4.90. The second-order valence-electron chi connectivity index (χ2n) is 8.32. The fourth-order valence-electron chi connectivity index (χ4n) is 4.49. The molecule has 0 N–H and O–H groups in total. The van der Waals surface area contributed by atoms with Gasteiger partial charge >= 0.3 is 0 Å². The predicted molar refractivity (Wildman–Crippen MR) is 101 cm³/mol. The minimum atomic E-state index is 0.440. The Bertz CT molecular complexity index is 318. The maximum atomic E-state index is 4.90. The van der Waals surface area contributed by atoms with E-state index in [1.807, 2.05) is 0 Å². The summed E-state index contributed by atoms with van der Waals surface area (Å²) >= 11 is 0. The highest BCUT2D eigenvalue weighted by Gasteiger charge is 2.26. The molecule has 0 aliphatic heterocycles. The van der Waals surface area contributed by atoms with E-state index in [4.69, 9.17) is 4.99 Å². The molecule has 0 heterocycles. The molecule has 0 saturated heterocycles. The first kappa shape index (κ1) is 19.7. The van der Waals surface area contributed by atoms with Gasteiger partial charge < -0.3 is 0 Å². The van der Waals surface area contributed by atoms with Crippen LogP contribution in [-0.2, 0) is 0 Å². The van der Waals surface area contributed by atoms with Crippen molar-refractivity contribution in [3.8, 4) is 0 Å². The molecule has 0 spiro atoms. The molecule has 0 aromatic heterocycles. The molecule has 1 aliphatic rings. The quantitative estimate of drug-likeness (QED) is 0.324. The monoisotopic (exact) mass is 307 g/mol. The second-order valence-corrected chi connectivity index (χ2v) is 8.32. The van der Waals surface area contributed by atoms with Crippen LogP contribution in [0.2, 0.25) is 0 Å². The lowest BCUT2D eigenvalue weighted by molar-refractivity contribution is 0.224. The first-order valence-corrected chi connectivity index (χ1v) is 9.98. The minimum Gasteiger partial charge on any atom is -0.291 e. The zero-order valence-electron chi connectivity index (χ0n) is 16.2. The molecule has 1 nitrogen and oxygen atoms in total. The van der Waals surface area contributed by atoms with Crippen LogP contribution in [0.25, 0.3) is 0 Å². The van der Waals surface area contributed by atoms with Crippen molar-refractivity contribution in [2.45, 2.75) is 105 Å². The van der Waals surface area contributed by atoms with E-state index in [0.29, 0.717) is 12.0 Å². The Morgan fingerprint density at radius 3 is 2.45 bits per heavy atom. The molecule has 0 bridgehead atoms. The average molecular weight is 308 g/mol. The molecule has 22 heavy (non-hydrogen) atoms. The Morgan fingerprint density at radius 1 is 1.14 bits per heavy atom. The van der Waals surface area contributed by atoms with Crippen molar-refractivity contribution in [1.29, 1.82) is 0 Å². The molecule has 1 heteroatoms. The highest BCUT2D eigenvalue weighted by molar-refractivity contribution is 5.84. The predicted octanol–water partition coefficient (Wildman–Crippen LogP) is 6.90. The third-order valence-electron chi connectivity index (χ3n) is 5.55. The van der Waals surface area contributed by atoms with Crippen LogP contribution in [0.4, 0.5) is 0 Å². The van der Waals surface area contributed by atoms with Gasteiger partial charge in [-0.2, -0.15) is 0 Å². The van der Waals surface area contributed by atoms with E-state index in [1.165, 1.54) is 63.5 Å². The van der Waals surface area contributed by atoms with Crippen LogP contribution in [0.3, 0.4) is 0 Å². The van der Waals surface area contributed by atoms with E-state index < -0.39 is 0 Å². The van der Waals surface area contributed by atoms with E-state index >= 15 is 0 Å². The minimum absolute atomic E-state index is 0.440. The maximum Gasteiger partial charge on any atom is 0.0442 e. The molecule has 0 aromatic rings. The van der Waals surface area contributed by atoms with Gasteiger partial charge in [0.15, 0.2) is 0 Å². The molecule has 4 unspecified atom stereocenters. The smallest absolute Gasteiger partial charge is 0.0442 e. The largest absolute Gasteiger partial charge is 0.291 e. The van der Waals surface area contributed by atoms with E-state index in [0.717, 1.165) is 17.8 Å². The van der Waals surface area contributed by atoms with Crippen molar-refractivity contribution in [2.24, 2.45) is 28.7 Å². The van der Waals surface area contributed by atoms with E-state index in [1.54, 1.807) is 0 Å². The van der Waals surface area contributed by atoms with Crippen LogP contribution in [0.5, 0.6) is 0 Å². The van der Waals surface area contributed by atoms with Gasteiger partial charge in [0, 0.05) is 11.8 Å². The van der Waals surface area contributed by atoms with Gasteiger partial charge in [-0.15, -0.1) is 0 Å². The first-order chi connectivity index (χ1) is 10.4. The standard InChI is InChI=1S/C21H41N/c1-7-8-9-13-21(19(6)22-16(2)3)18(5)15-20-12-10-11-17(4)14-20/h16-18,20-21H,7-15H2,1-6H3/b22-19-. The Hall–Kier alpha value is -0.330. The Morgan fingerprint density at radius 2 is 1.86 bits per heavy atom.